The fourth-order valence-electron chi connectivity index (χ4n) is 1.08. The monoisotopic (exact) mass is 182 g/mol. The highest BCUT2D eigenvalue weighted by molar-refractivity contribution is 5.28. The minimum absolute atomic E-state index is 0.691. The van der Waals surface area contributed by atoms with Crippen molar-refractivity contribution >= 4 is 0 Å². The van der Waals surface area contributed by atoms with Gasteiger partial charge in [-0.25, -0.2) is 0 Å². The van der Waals surface area contributed by atoms with E-state index < -0.39 is 12.2 Å². The van der Waals surface area contributed by atoms with Crippen molar-refractivity contribution < 1.29 is 14.9 Å². The molecule has 1 rings (SSSR count). The van der Waals surface area contributed by atoms with Crippen molar-refractivity contribution in [2.75, 3.05) is 7.11 Å². The first-order valence-electron chi connectivity index (χ1n) is 4.15. The van der Waals surface area contributed by atoms with Gasteiger partial charge in [0.15, 0.2) is 0 Å². The molecule has 0 spiro atoms. The van der Waals surface area contributed by atoms with Gasteiger partial charge in [-0.2, -0.15) is 0 Å². The van der Waals surface area contributed by atoms with Crippen LogP contribution in [0.4, 0.5) is 0 Å². The highest BCUT2D eigenvalue weighted by Gasteiger charge is 2.12. The fraction of sp³-hybridized carbons (Fsp3) is 0.400. The second kappa shape index (κ2) is 4.25. The molecule has 0 unspecified atom stereocenters. The average Bonchev–Trinajstić information content (AvgIpc) is 2.17. The largest absolute Gasteiger partial charge is 0.497 e. The van der Waals surface area contributed by atoms with E-state index in [-0.39, 0.29) is 0 Å². The molecule has 72 valence electrons. The number of hydrogen-bond acceptors (Lipinski definition) is 3. The van der Waals surface area contributed by atoms with Crippen molar-refractivity contribution in [3.63, 3.8) is 0 Å². The minimum Gasteiger partial charge on any atom is -0.497 e. The van der Waals surface area contributed by atoms with Crippen LogP contribution >= 0.6 is 0 Å². The van der Waals surface area contributed by atoms with Crippen LogP contribution in [0, 0.1) is 0 Å². The van der Waals surface area contributed by atoms with Crippen LogP contribution in [-0.2, 0) is 0 Å². The van der Waals surface area contributed by atoms with Gasteiger partial charge in [-0.05, 0) is 24.6 Å². The summed E-state index contributed by atoms with van der Waals surface area (Å²) in [4.78, 5) is 0. The third-order valence-corrected chi connectivity index (χ3v) is 1.91. The van der Waals surface area contributed by atoms with E-state index in [1.165, 1.54) is 0 Å². The van der Waals surface area contributed by atoms with Gasteiger partial charge >= 0.3 is 0 Å². The molecule has 2 N–H and O–H groups in total. The zero-order valence-electron chi connectivity index (χ0n) is 7.77. The van der Waals surface area contributed by atoms with Gasteiger partial charge in [-0.1, -0.05) is 12.1 Å². The lowest BCUT2D eigenvalue weighted by molar-refractivity contribution is 0.0305. The van der Waals surface area contributed by atoms with Crippen LogP contribution in [0.5, 0.6) is 5.75 Å². The summed E-state index contributed by atoms with van der Waals surface area (Å²) in [7, 11) is 1.58. The fourth-order valence-corrected chi connectivity index (χ4v) is 1.08. The summed E-state index contributed by atoms with van der Waals surface area (Å²) in [6.07, 6.45) is -1.58. The summed E-state index contributed by atoms with van der Waals surface area (Å²) < 4.78 is 4.97. The van der Waals surface area contributed by atoms with E-state index in [2.05, 4.69) is 0 Å². The molecule has 0 amide bonds. The zero-order valence-corrected chi connectivity index (χ0v) is 7.77. The quantitative estimate of drug-likeness (QED) is 0.736. The second-order valence-electron chi connectivity index (χ2n) is 2.96. The Kier molecular flexibility index (Phi) is 3.28. The molecule has 1 aromatic carbocycles. The molecule has 0 heterocycles. The van der Waals surface area contributed by atoms with E-state index >= 15 is 0 Å². The standard InChI is InChI=1S/C10H14O3/c1-7(11)10(12)8-3-5-9(13-2)6-4-8/h3-7,10-12H,1-2H3/t7-,10-/m0/s1. The molecule has 0 saturated carbocycles. The van der Waals surface area contributed by atoms with E-state index in [0.29, 0.717) is 5.56 Å². The molecule has 0 aliphatic heterocycles. The smallest absolute Gasteiger partial charge is 0.118 e. The van der Waals surface area contributed by atoms with Gasteiger partial charge in [0, 0.05) is 0 Å². The molecule has 3 heteroatoms. The van der Waals surface area contributed by atoms with Crippen molar-refractivity contribution in [2.45, 2.75) is 19.1 Å². The lowest BCUT2D eigenvalue weighted by Gasteiger charge is -2.13. The van der Waals surface area contributed by atoms with Gasteiger partial charge in [0.25, 0.3) is 0 Å². The average molecular weight is 182 g/mol. The molecular weight excluding hydrogens is 168 g/mol. The summed E-state index contributed by atoms with van der Waals surface area (Å²) >= 11 is 0. The molecule has 13 heavy (non-hydrogen) atoms. The van der Waals surface area contributed by atoms with Gasteiger partial charge in [0.1, 0.15) is 11.9 Å². The normalized spacial score (nSPS) is 15.1. The zero-order chi connectivity index (χ0) is 9.84. The Balaban J connectivity index is 2.79. The summed E-state index contributed by atoms with van der Waals surface area (Å²) in [5, 5.41) is 18.6. The van der Waals surface area contributed by atoms with Gasteiger partial charge in [-0.15, -0.1) is 0 Å². The SMILES string of the molecule is COc1ccc([C@@H](O)[C@H](C)O)cc1. The molecule has 0 aromatic heterocycles. The maximum Gasteiger partial charge on any atom is 0.118 e. The Bertz CT molecular complexity index is 253. The first kappa shape index (κ1) is 10.0. The van der Waals surface area contributed by atoms with E-state index in [9.17, 15) is 5.11 Å². The Labute approximate surface area is 77.6 Å². The van der Waals surface area contributed by atoms with Gasteiger partial charge in [0.2, 0.25) is 0 Å². The number of rotatable bonds is 3. The number of methoxy groups -OCH3 is 1. The molecule has 0 aliphatic carbocycles. The molecule has 0 fully saturated rings. The predicted molar refractivity (Wildman–Crippen MR) is 49.6 cm³/mol. The highest BCUT2D eigenvalue weighted by Crippen LogP contribution is 2.19. The van der Waals surface area contributed by atoms with Crippen LogP contribution in [0.3, 0.4) is 0 Å². The minimum atomic E-state index is -0.828. The van der Waals surface area contributed by atoms with Crippen LogP contribution in [-0.4, -0.2) is 23.4 Å². The molecular formula is C10H14O3. The molecule has 3 nitrogen and oxygen atoms in total. The van der Waals surface area contributed by atoms with Crippen molar-refractivity contribution in [1.29, 1.82) is 0 Å². The second-order valence-corrected chi connectivity index (χ2v) is 2.96. The highest BCUT2D eigenvalue weighted by atomic mass is 16.5. The maximum absolute atomic E-state index is 9.47. The first-order valence-corrected chi connectivity index (χ1v) is 4.15. The Morgan fingerprint density at radius 2 is 1.69 bits per heavy atom. The third-order valence-electron chi connectivity index (χ3n) is 1.91. The van der Waals surface area contributed by atoms with E-state index in [0.717, 1.165) is 5.75 Å². The lowest BCUT2D eigenvalue weighted by Crippen LogP contribution is -2.13. The number of aliphatic hydroxyl groups excluding tert-OH is 2. The van der Waals surface area contributed by atoms with Crippen LogP contribution < -0.4 is 4.74 Å². The Morgan fingerprint density at radius 1 is 1.15 bits per heavy atom. The van der Waals surface area contributed by atoms with Gasteiger partial charge in [-0.3, -0.25) is 0 Å². The van der Waals surface area contributed by atoms with E-state index in [1.54, 1.807) is 38.3 Å². The summed E-state index contributed by atoms with van der Waals surface area (Å²) in [5.74, 6) is 0.738. The maximum atomic E-state index is 9.47. The predicted octanol–water partition coefficient (Wildman–Crippen LogP) is 1.11. The van der Waals surface area contributed by atoms with Crippen molar-refractivity contribution in [3.8, 4) is 5.75 Å². The van der Waals surface area contributed by atoms with Gasteiger partial charge in [0.05, 0.1) is 13.2 Å². The molecule has 0 saturated heterocycles. The number of ether oxygens (including phenoxy) is 1. The summed E-state index contributed by atoms with van der Waals surface area (Å²) in [6.45, 7) is 1.55. The van der Waals surface area contributed by atoms with Crippen LogP contribution in [0.25, 0.3) is 0 Å². The molecule has 0 bridgehead atoms. The van der Waals surface area contributed by atoms with Crippen molar-refractivity contribution in [1.82, 2.24) is 0 Å². The van der Waals surface area contributed by atoms with Crippen molar-refractivity contribution in [3.05, 3.63) is 29.8 Å². The molecule has 1 aromatic rings. The number of hydrogen-bond donors (Lipinski definition) is 2. The van der Waals surface area contributed by atoms with Crippen molar-refractivity contribution in [2.24, 2.45) is 0 Å². The first-order chi connectivity index (χ1) is 6.15. The van der Waals surface area contributed by atoms with E-state index in [1.807, 2.05) is 0 Å². The Hall–Kier alpha value is -1.06. The number of benzene rings is 1. The topological polar surface area (TPSA) is 49.7 Å². The summed E-state index contributed by atoms with van der Waals surface area (Å²) in [6, 6.07) is 6.97. The van der Waals surface area contributed by atoms with Crippen LogP contribution in [0.1, 0.15) is 18.6 Å². The Morgan fingerprint density at radius 3 is 2.08 bits per heavy atom. The van der Waals surface area contributed by atoms with Crippen LogP contribution in [0.15, 0.2) is 24.3 Å². The molecule has 0 radical (unpaired) electrons. The third kappa shape index (κ3) is 2.44. The van der Waals surface area contributed by atoms with Crippen LogP contribution in [0.2, 0.25) is 0 Å². The van der Waals surface area contributed by atoms with Gasteiger partial charge < -0.3 is 14.9 Å². The summed E-state index contributed by atoms with van der Waals surface area (Å²) in [5.41, 5.74) is 0.691. The number of aliphatic hydroxyl groups is 2. The molecule has 0 aliphatic rings. The molecule has 2 atom stereocenters. The lowest BCUT2D eigenvalue weighted by atomic mass is 10.1. The van der Waals surface area contributed by atoms with E-state index in [4.69, 9.17) is 9.84 Å².